The predicted molar refractivity (Wildman–Crippen MR) is 90.2 cm³/mol. The summed E-state index contributed by atoms with van der Waals surface area (Å²) in [5.41, 5.74) is 3.07. The standard InChI is InChI=1S/C19H16F2N2O/c1-3-16-11(2)18(13-6-4-5-7-17(13)23-16)19(24)22-12-8-9-14(20)15(21)10-12/h4-10H,3H2,1-2H3,(H,22,24). The van der Waals surface area contributed by atoms with Crippen LogP contribution in [0.2, 0.25) is 0 Å². The zero-order chi connectivity index (χ0) is 17.3. The van der Waals surface area contributed by atoms with Gasteiger partial charge in [0.15, 0.2) is 11.6 Å². The van der Waals surface area contributed by atoms with Gasteiger partial charge in [0.2, 0.25) is 0 Å². The minimum atomic E-state index is -1.00. The van der Waals surface area contributed by atoms with Gasteiger partial charge in [-0.2, -0.15) is 0 Å². The number of halogens is 2. The number of pyridine rings is 1. The zero-order valence-electron chi connectivity index (χ0n) is 13.4. The normalized spacial score (nSPS) is 10.8. The summed E-state index contributed by atoms with van der Waals surface area (Å²) in [5.74, 6) is -2.32. The van der Waals surface area contributed by atoms with Crippen molar-refractivity contribution in [2.75, 3.05) is 5.32 Å². The molecule has 1 amide bonds. The molecule has 0 aliphatic heterocycles. The quantitative estimate of drug-likeness (QED) is 0.762. The van der Waals surface area contributed by atoms with E-state index in [1.807, 2.05) is 38.1 Å². The van der Waals surface area contributed by atoms with E-state index in [9.17, 15) is 13.6 Å². The lowest BCUT2D eigenvalue weighted by atomic mass is 9.99. The number of fused-ring (bicyclic) bond motifs is 1. The van der Waals surface area contributed by atoms with E-state index in [0.717, 1.165) is 34.3 Å². The molecule has 0 fully saturated rings. The number of amides is 1. The highest BCUT2D eigenvalue weighted by molar-refractivity contribution is 6.13. The molecule has 0 atom stereocenters. The molecule has 0 saturated carbocycles. The Hall–Kier alpha value is -2.82. The van der Waals surface area contributed by atoms with Gasteiger partial charge >= 0.3 is 0 Å². The van der Waals surface area contributed by atoms with Gasteiger partial charge in [-0.15, -0.1) is 0 Å². The summed E-state index contributed by atoms with van der Waals surface area (Å²) >= 11 is 0. The second-order valence-electron chi connectivity index (χ2n) is 5.51. The van der Waals surface area contributed by atoms with Crippen LogP contribution < -0.4 is 5.32 Å². The monoisotopic (exact) mass is 326 g/mol. The molecule has 24 heavy (non-hydrogen) atoms. The second kappa shape index (κ2) is 6.35. The van der Waals surface area contributed by atoms with Crippen LogP contribution in [0.3, 0.4) is 0 Å². The van der Waals surface area contributed by atoms with Gasteiger partial charge in [0.1, 0.15) is 0 Å². The number of carbonyl (C=O) groups excluding carboxylic acids is 1. The molecule has 1 aromatic heterocycles. The second-order valence-corrected chi connectivity index (χ2v) is 5.51. The number of aryl methyl sites for hydroxylation is 1. The smallest absolute Gasteiger partial charge is 0.256 e. The third kappa shape index (κ3) is 2.85. The summed E-state index contributed by atoms with van der Waals surface area (Å²) in [6.45, 7) is 3.82. The summed E-state index contributed by atoms with van der Waals surface area (Å²) in [6.07, 6.45) is 0.697. The van der Waals surface area contributed by atoms with Gasteiger partial charge in [0, 0.05) is 22.8 Å². The lowest BCUT2D eigenvalue weighted by Crippen LogP contribution is -2.16. The minimum Gasteiger partial charge on any atom is -0.322 e. The number of carbonyl (C=O) groups is 1. The lowest BCUT2D eigenvalue weighted by Gasteiger charge is -2.14. The fraction of sp³-hybridized carbons (Fsp3) is 0.158. The molecule has 0 radical (unpaired) electrons. The van der Waals surface area contributed by atoms with Crippen LogP contribution in [0.4, 0.5) is 14.5 Å². The molecule has 0 bridgehead atoms. The third-order valence-electron chi connectivity index (χ3n) is 3.98. The van der Waals surface area contributed by atoms with E-state index in [2.05, 4.69) is 10.3 Å². The van der Waals surface area contributed by atoms with Gasteiger partial charge in [-0.25, -0.2) is 8.78 Å². The van der Waals surface area contributed by atoms with E-state index in [1.165, 1.54) is 6.07 Å². The van der Waals surface area contributed by atoms with E-state index < -0.39 is 11.6 Å². The average molecular weight is 326 g/mol. The van der Waals surface area contributed by atoms with Crippen molar-refractivity contribution >= 4 is 22.5 Å². The van der Waals surface area contributed by atoms with Crippen molar-refractivity contribution in [1.82, 2.24) is 4.98 Å². The average Bonchev–Trinajstić information content (AvgIpc) is 2.57. The first-order chi connectivity index (χ1) is 11.5. The maximum atomic E-state index is 13.3. The summed E-state index contributed by atoms with van der Waals surface area (Å²) in [6, 6.07) is 10.7. The molecular formula is C19H16F2N2O. The molecule has 2 aromatic carbocycles. The van der Waals surface area contributed by atoms with Gasteiger partial charge in [-0.05, 0) is 37.1 Å². The molecule has 1 heterocycles. The van der Waals surface area contributed by atoms with E-state index in [1.54, 1.807) is 0 Å². The van der Waals surface area contributed by atoms with E-state index in [-0.39, 0.29) is 11.6 Å². The van der Waals surface area contributed by atoms with Gasteiger partial charge in [0.05, 0.1) is 11.1 Å². The van der Waals surface area contributed by atoms with Crippen molar-refractivity contribution in [2.24, 2.45) is 0 Å². The van der Waals surface area contributed by atoms with Crippen LogP contribution in [0.1, 0.15) is 28.5 Å². The maximum Gasteiger partial charge on any atom is 0.256 e. The molecule has 3 aromatic rings. The predicted octanol–water partition coefficient (Wildman–Crippen LogP) is 4.64. The first-order valence-corrected chi connectivity index (χ1v) is 7.66. The number of benzene rings is 2. The molecule has 122 valence electrons. The molecule has 0 aliphatic carbocycles. The molecule has 1 N–H and O–H groups in total. The Morgan fingerprint density at radius 3 is 2.58 bits per heavy atom. The number of hydrogen-bond acceptors (Lipinski definition) is 2. The first kappa shape index (κ1) is 16.1. The highest BCUT2D eigenvalue weighted by Crippen LogP contribution is 2.25. The zero-order valence-corrected chi connectivity index (χ0v) is 13.4. The Labute approximate surface area is 138 Å². The summed E-state index contributed by atoms with van der Waals surface area (Å²) in [5, 5.41) is 3.37. The minimum absolute atomic E-state index is 0.206. The molecule has 0 spiro atoms. The molecule has 5 heteroatoms. The number of nitrogens with zero attached hydrogens (tertiary/aromatic N) is 1. The Balaban J connectivity index is 2.08. The number of nitrogens with one attached hydrogen (secondary N) is 1. The highest BCUT2D eigenvalue weighted by Gasteiger charge is 2.17. The summed E-state index contributed by atoms with van der Waals surface area (Å²) < 4.78 is 26.4. The number of para-hydroxylation sites is 1. The van der Waals surface area contributed by atoms with Crippen molar-refractivity contribution in [1.29, 1.82) is 0 Å². The third-order valence-corrected chi connectivity index (χ3v) is 3.98. The summed E-state index contributed by atoms with van der Waals surface area (Å²) in [4.78, 5) is 17.3. The van der Waals surface area contributed by atoms with Crippen LogP contribution in [0.25, 0.3) is 10.9 Å². The highest BCUT2D eigenvalue weighted by atomic mass is 19.2. The van der Waals surface area contributed by atoms with Crippen molar-refractivity contribution in [3.8, 4) is 0 Å². The van der Waals surface area contributed by atoms with Gasteiger partial charge in [-0.3, -0.25) is 9.78 Å². The molecule has 3 nitrogen and oxygen atoms in total. The van der Waals surface area contributed by atoms with Gasteiger partial charge in [-0.1, -0.05) is 25.1 Å². The van der Waals surface area contributed by atoms with Crippen molar-refractivity contribution in [3.05, 3.63) is 70.9 Å². The number of hydrogen-bond donors (Lipinski definition) is 1. The molecule has 0 saturated heterocycles. The molecule has 0 aliphatic rings. The lowest BCUT2D eigenvalue weighted by molar-refractivity contribution is 0.102. The Bertz CT molecular complexity index is 938. The van der Waals surface area contributed by atoms with Crippen molar-refractivity contribution in [2.45, 2.75) is 20.3 Å². The fourth-order valence-corrected chi connectivity index (χ4v) is 2.76. The topological polar surface area (TPSA) is 42.0 Å². The molecular weight excluding hydrogens is 310 g/mol. The largest absolute Gasteiger partial charge is 0.322 e. The van der Waals surface area contributed by atoms with E-state index in [0.29, 0.717) is 12.0 Å². The molecule has 0 unspecified atom stereocenters. The Morgan fingerprint density at radius 1 is 1.12 bits per heavy atom. The number of rotatable bonds is 3. The molecule has 3 rings (SSSR count). The van der Waals surface area contributed by atoms with Crippen LogP contribution in [-0.4, -0.2) is 10.9 Å². The van der Waals surface area contributed by atoms with E-state index in [4.69, 9.17) is 0 Å². The van der Waals surface area contributed by atoms with Crippen molar-refractivity contribution in [3.63, 3.8) is 0 Å². The van der Waals surface area contributed by atoms with Gasteiger partial charge < -0.3 is 5.32 Å². The van der Waals surface area contributed by atoms with Crippen LogP contribution in [-0.2, 0) is 6.42 Å². The summed E-state index contributed by atoms with van der Waals surface area (Å²) in [7, 11) is 0. The van der Waals surface area contributed by atoms with Crippen molar-refractivity contribution < 1.29 is 13.6 Å². The van der Waals surface area contributed by atoms with Crippen LogP contribution in [0.5, 0.6) is 0 Å². The Kier molecular flexibility index (Phi) is 4.25. The fourth-order valence-electron chi connectivity index (χ4n) is 2.76. The maximum absolute atomic E-state index is 13.3. The Morgan fingerprint density at radius 2 is 1.88 bits per heavy atom. The first-order valence-electron chi connectivity index (χ1n) is 7.66. The van der Waals surface area contributed by atoms with Gasteiger partial charge in [0.25, 0.3) is 5.91 Å². The SMILES string of the molecule is CCc1nc2ccccc2c(C(=O)Nc2ccc(F)c(F)c2)c1C. The van der Waals surface area contributed by atoms with Crippen LogP contribution >= 0.6 is 0 Å². The number of anilines is 1. The van der Waals surface area contributed by atoms with Crippen LogP contribution in [0.15, 0.2) is 42.5 Å². The van der Waals surface area contributed by atoms with Crippen LogP contribution in [0, 0.1) is 18.6 Å². The van der Waals surface area contributed by atoms with E-state index >= 15 is 0 Å². The number of aromatic nitrogens is 1.